The third-order valence-electron chi connectivity index (χ3n) is 6.01. The molecule has 0 saturated carbocycles. The van der Waals surface area contributed by atoms with E-state index < -0.39 is 0 Å². The van der Waals surface area contributed by atoms with Gasteiger partial charge in [0.1, 0.15) is 23.8 Å². The monoisotopic (exact) mass is 547 g/mol. The van der Waals surface area contributed by atoms with Crippen LogP contribution < -0.4 is 4.57 Å². The highest BCUT2D eigenvalue weighted by molar-refractivity contribution is 14.2. The topological polar surface area (TPSA) is 8.81 Å². The molecule has 2 aromatic carbocycles. The van der Waals surface area contributed by atoms with Gasteiger partial charge in [0.05, 0.1) is 0 Å². The summed E-state index contributed by atoms with van der Waals surface area (Å²) in [5.74, 6) is 1.85. The number of halogens is 1. The molecule has 0 radical (unpaired) electrons. The number of rotatable bonds is 7. The van der Waals surface area contributed by atoms with E-state index in [9.17, 15) is 0 Å². The van der Waals surface area contributed by atoms with Gasteiger partial charge in [0.15, 0.2) is 0 Å². The van der Waals surface area contributed by atoms with Crippen LogP contribution in [-0.4, -0.2) is 4.57 Å². The van der Waals surface area contributed by atoms with Gasteiger partial charge in [0, 0.05) is 52.4 Å². The lowest BCUT2D eigenvalue weighted by molar-refractivity contribution is -0.637. The molecule has 4 heteroatoms. The summed E-state index contributed by atoms with van der Waals surface area (Å²) in [5.41, 5.74) is 8.31. The molecule has 0 bridgehead atoms. The molecular weight excluding hydrogens is 511 g/mol. The van der Waals surface area contributed by atoms with Crippen LogP contribution in [0.25, 0.3) is 11.4 Å². The Morgan fingerprint density at radius 2 is 1.13 bits per heavy atom. The first-order valence-electron chi connectivity index (χ1n) is 11.4. The second-order valence-electron chi connectivity index (χ2n) is 9.59. The molecule has 0 aliphatic heterocycles. The first-order valence-corrected chi connectivity index (χ1v) is 14.7. The van der Waals surface area contributed by atoms with Crippen molar-refractivity contribution in [2.24, 2.45) is 0 Å². The van der Waals surface area contributed by atoms with Gasteiger partial charge in [-0.05, 0) is 23.7 Å². The van der Waals surface area contributed by atoms with E-state index in [4.69, 9.17) is 0 Å². The maximum atomic E-state index is 2.45. The summed E-state index contributed by atoms with van der Waals surface area (Å²) in [6.07, 6.45) is 4.52. The van der Waals surface area contributed by atoms with Gasteiger partial charge < -0.3 is 0 Å². The quantitative estimate of drug-likeness (QED) is 0.212. The minimum Gasteiger partial charge on any atom is -0.189 e. The summed E-state index contributed by atoms with van der Waals surface area (Å²) in [6, 6.07) is 13.6. The smallest absolute Gasteiger partial charge is 0.189 e. The van der Waals surface area contributed by atoms with Gasteiger partial charge in [-0.15, -0.1) is 0 Å². The van der Waals surface area contributed by atoms with Crippen molar-refractivity contribution < 1.29 is 4.57 Å². The first-order chi connectivity index (χ1) is 14.7. The van der Waals surface area contributed by atoms with Crippen molar-refractivity contribution in [1.29, 1.82) is 0 Å². The number of benzene rings is 2. The molecule has 2 nitrogen and oxygen atoms in total. The van der Waals surface area contributed by atoms with E-state index >= 15 is 0 Å². The van der Waals surface area contributed by atoms with Crippen LogP contribution >= 0.6 is 30.1 Å². The Kier molecular flexibility index (Phi) is 7.95. The van der Waals surface area contributed by atoms with Crippen LogP contribution in [0, 0.1) is 0 Å². The molecule has 0 fully saturated rings. The third-order valence-corrected chi connectivity index (χ3v) is 7.73. The standard InChI is InChI=1S/C27H36IN2S/c1-17(2)21-11-9-12-22(18(3)4)25(21)29-15-16-30(27(29)31-28)26-23(19(5)6)13-10-14-24(26)20(7)8/h9-20H,1-8H3/q+1. The SMILES string of the molecule is CC(C)c1cccc(C(C)C)c1-n1cc[n+](-c2c(C(C)C)cccc2C(C)C)c1SI. The van der Waals surface area contributed by atoms with Gasteiger partial charge in [0.25, 0.3) is 0 Å². The van der Waals surface area contributed by atoms with Gasteiger partial charge >= 0.3 is 5.16 Å². The number of imidazole rings is 1. The first kappa shape index (κ1) is 24.4. The molecule has 3 rings (SSSR count). The van der Waals surface area contributed by atoms with E-state index in [1.807, 2.05) is 0 Å². The van der Waals surface area contributed by atoms with Gasteiger partial charge in [-0.2, -0.15) is 9.13 Å². The Labute approximate surface area is 205 Å². The fourth-order valence-corrected chi connectivity index (χ4v) is 6.10. The summed E-state index contributed by atoms with van der Waals surface area (Å²) in [5, 5.41) is 1.24. The number of para-hydroxylation sites is 2. The van der Waals surface area contributed by atoms with Crippen molar-refractivity contribution in [2.75, 3.05) is 0 Å². The van der Waals surface area contributed by atoms with E-state index in [0.29, 0.717) is 23.7 Å². The zero-order valence-electron chi connectivity index (χ0n) is 20.1. The molecule has 0 amide bonds. The van der Waals surface area contributed by atoms with Gasteiger partial charge in [-0.3, -0.25) is 0 Å². The molecule has 31 heavy (non-hydrogen) atoms. The summed E-state index contributed by atoms with van der Waals surface area (Å²) in [6.45, 7) is 18.4. The predicted molar refractivity (Wildman–Crippen MR) is 144 cm³/mol. The highest BCUT2D eigenvalue weighted by atomic mass is 127. The number of hydrogen-bond donors (Lipinski definition) is 0. The van der Waals surface area contributed by atoms with Crippen molar-refractivity contribution in [2.45, 2.75) is 84.2 Å². The molecule has 3 aromatic rings. The zero-order chi connectivity index (χ0) is 22.9. The molecule has 166 valence electrons. The average Bonchev–Trinajstić information content (AvgIpc) is 3.15. The lowest BCUT2D eigenvalue weighted by Crippen LogP contribution is -2.35. The lowest BCUT2D eigenvalue weighted by atomic mass is 9.92. The van der Waals surface area contributed by atoms with Crippen LogP contribution in [0.2, 0.25) is 0 Å². The third kappa shape index (κ3) is 4.75. The summed E-state index contributed by atoms with van der Waals surface area (Å²) in [4.78, 5) is 0. The molecule has 0 spiro atoms. The summed E-state index contributed by atoms with van der Waals surface area (Å²) < 4.78 is 4.84. The van der Waals surface area contributed by atoms with Gasteiger partial charge in [0.2, 0.25) is 0 Å². The molecule has 0 aliphatic rings. The second kappa shape index (κ2) is 10.1. The predicted octanol–water partition coefficient (Wildman–Crippen LogP) is 8.69. The molecule has 0 aliphatic carbocycles. The van der Waals surface area contributed by atoms with Crippen molar-refractivity contribution in [3.8, 4) is 11.4 Å². The summed E-state index contributed by atoms with van der Waals surface area (Å²) in [7, 11) is 1.80. The number of hydrogen-bond acceptors (Lipinski definition) is 1. The van der Waals surface area contributed by atoms with Gasteiger partial charge in [-0.1, -0.05) is 91.8 Å². The van der Waals surface area contributed by atoms with Crippen LogP contribution in [-0.2, 0) is 0 Å². The van der Waals surface area contributed by atoms with Gasteiger partial charge in [-0.25, -0.2) is 0 Å². The van der Waals surface area contributed by atoms with Crippen LogP contribution in [0.5, 0.6) is 0 Å². The normalized spacial score (nSPS) is 12.0. The summed E-state index contributed by atoms with van der Waals surface area (Å²) >= 11 is 2.45. The Morgan fingerprint density at radius 3 is 1.52 bits per heavy atom. The fraction of sp³-hybridized carbons (Fsp3) is 0.444. The van der Waals surface area contributed by atoms with Crippen molar-refractivity contribution in [3.05, 3.63) is 71.0 Å². The Bertz CT molecular complexity index is 914. The van der Waals surface area contributed by atoms with Crippen molar-refractivity contribution in [3.63, 3.8) is 0 Å². The molecular formula is C27H36IN2S+. The maximum absolute atomic E-state index is 2.45. The highest BCUT2D eigenvalue weighted by Crippen LogP contribution is 2.36. The fourth-order valence-electron chi connectivity index (χ4n) is 4.37. The van der Waals surface area contributed by atoms with E-state index in [-0.39, 0.29) is 0 Å². The van der Waals surface area contributed by atoms with Crippen molar-refractivity contribution in [1.82, 2.24) is 4.57 Å². The largest absolute Gasteiger partial charge is 0.338 e. The van der Waals surface area contributed by atoms with Crippen LogP contribution in [0.3, 0.4) is 0 Å². The minimum absolute atomic E-state index is 0.464. The van der Waals surface area contributed by atoms with E-state index in [1.165, 1.54) is 38.8 Å². The molecule has 0 atom stereocenters. The Balaban J connectivity index is 2.36. The number of aromatic nitrogens is 2. The zero-order valence-corrected chi connectivity index (χ0v) is 23.1. The van der Waals surface area contributed by atoms with Crippen molar-refractivity contribution >= 4 is 30.1 Å². The maximum Gasteiger partial charge on any atom is 0.338 e. The molecule has 0 saturated heterocycles. The lowest BCUT2D eigenvalue weighted by Gasteiger charge is -2.19. The molecule has 1 aromatic heterocycles. The van der Waals surface area contributed by atoms with Crippen LogP contribution in [0.4, 0.5) is 0 Å². The molecule has 1 heterocycles. The highest BCUT2D eigenvalue weighted by Gasteiger charge is 2.29. The molecule has 0 unspecified atom stereocenters. The Morgan fingerprint density at radius 1 is 0.710 bits per heavy atom. The second-order valence-corrected chi connectivity index (χ2v) is 11.4. The molecule has 0 N–H and O–H groups in total. The van der Waals surface area contributed by atoms with Crippen LogP contribution in [0.1, 0.15) is 101 Å². The number of nitrogens with zero attached hydrogens (tertiary/aromatic N) is 2. The Hall–Kier alpha value is -1.27. The van der Waals surface area contributed by atoms with Crippen LogP contribution in [0.15, 0.2) is 53.9 Å². The van der Waals surface area contributed by atoms with E-state index in [0.717, 1.165) is 0 Å². The average molecular weight is 548 g/mol. The minimum atomic E-state index is 0.464. The van der Waals surface area contributed by atoms with E-state index in [1.54, 1.807) is 8.93 Å². The van der Waals surface area contributed by atoms with E-state index in [2.05, 4.69) is 135 Å².